The highest BCUT2D eigenvalue weighted by atomic mass is 32.1. The van der Waals surface area contributed by atoms with E-state index in [1.165, 1.54) is 64.6 Å². The summed E-state index contributed by atoms with van der Waals surface area (Å²) in [5.74, 6) is 0. The van der Waals surface area contributed by atoms with Gasteiger partial charge in [0.15, 0.2) is 0 Å². The number of hydrogen-bond acceptors (Lipinski definition) is 2. The van der Waals surface area contributed by atoms with Crippen LogP contribution in [0.3, 0.4) is 0 Å². The SMILES string of the molecule is c1ccc(-c2ccc(N(c3ccc(-c4ccccc4)s3)c3cccc4c5ccccc5c5ccccc5c34)cc2)cc1. The number of thiophene rings is 1. The summed E-state index contributed by atoms with van der Waals surface area (Å²) in [5, 5.41) is 8.85. The van der Waals surface area contributed by atoms with E-state index in [-0.39, 0.29) is 0 Å². The molecule has 2 heteroatoms. The molecule has 0 amide bonds. The molecule has 0 bridgehead atoms. The predicted octanol–water partition coefficient (Wildman–Crippen LogP) is 12.0. The topological polar surface area (TPSA) is 3.24 Å². The van der Waals surface area contributed by atoms with Gasteiger partial charge in [-0.2, -0.15) is 0 Å². The third kappa shape index (κ3) is 4.16. The Balaban J connectivity index is 1.39. The van der Waals surface area contributed by atoms with Crippen molar-refractivity contribution in [3.8, 4) is 21.6 Å². The van der Waals surface area contributed by atoms with Crippen molar-refractivity contribution in [2.24, 2.45) is 0 Å². The molecule has 8 rings (SSSR count). The minimum Gasteiger partial charge on any atom is -0.301 e. The van der Waals surface area contributed by atoms with E-state index in [0.29, 0.717) is 0 Å². The molecule has 0 radical (unpaired) electrons. The number of anilines is 3. The van der Waals surface area contributed by atoms with Crippen LogP contribution in [-0.2, 0) is 0 Å². The molecule has 0 aliphatic rings. The zero-order valence-corrected chi connectivity index (χ0v) is 23.8. The number of fused-ring (bicyclic) bond motifs is 6. The Morgan fingerprint density at radius 2 is 0.857 bits per heavy atom. The van der Waals surface area contributed by atoms with Gasteiger partial charge in [0.05, 0.1) is 5.69 Å². The van der Waals surface area contributed by atoms with Crippen LogP contribution in [0.4, 0.5) is 16.4 Å². The van der Waals surface area contributed by atoms with Gasteiger partial charge in [0.25, 0.3) is 0 Å². The highest BCUT2D eigenvalue weighted by Crippen LogP contribution is 2.47. The first-order valence-electron chi connectivity index (χ1n) is 14.3. The van der Waals surface area contributed by atoms with Gasteiger partial charge in [0.2, 0.25) is 0 Å². The van der Waals surface area contributed by atoms with Crippen LogP contribution < -0.4 is 4.90 Å². The molecule has 0 spiro atoms. The van der Waals surface area contributed by atoms with Crippen molar-refractivity contribution in [2.45, 2.75) is 0 Å². The molecule has 0 aliphatic heterocycles. The standard InChI is InChI=1S/C40H27NS/c1-3-12-28(13-4-1)29-22-24-31(25-23-29)41(39-27-26-38(42-39)30-14-5-2-6-15-30)37-21-11-20-36-34-17-8-7-16-32(34)33-18-9-10-19-35(33)40(36)37/h1-27H. The second-order valence-corrected chi connectivity index (χ2v) is 11.6. The fourth-order valence-electron chi connectivity index (χ4n) is 6.15. The fourth-order valence-corrected chi connectivity index (χ4v) is 7.19. The fraction of sp³-hybridized carbons (Fsp3) is 0. The number of rotatable bonds is 5. The van der Waals surface area contributed by atoms with Gasteiger partial charge in [-0.1, -0.05) is 133 Å². The molecule has 8 aromatic rings. The van der Waals surface area contributed by atoms with Crippen molar-refractivity contribution < 1.29 is 0 Å². The summed E-state index contributed by atoms with van der Waals surface area (Å²) in [4.78, 5) is 3.70. The van der Waals surface area contributed by atoms with E-state index in [2.05, 4.69) is 169 Å². The molecular formula is C40H27NS. The second-order valence-electron chi connectivity index (χ2n) is 10.5. The molecule has 198 valence electrons. The zero-order valence-electron chi connectivity index (χ0n) is 22.9. The Bertz CT molecular complexity index is 2130. The first kappa shape index (κ1) is 24.6. The summed E-state index contributed by atoms with van der Waals surface area (Å²) in [6, 6.07) is 59.1. The van der Waals surface area contributed by atoms with E-state index in [1.54, 1.807) is 0 Å². The predicted molar refractivity (Wildman–Crippen MR) is 182 cm³/mol. The van der Waals surface area contributed by atoms with Crippen LogP contribution in [0, 0.1) is 0 Å². The highest BCUT2D eigenvalue weighted by molar-refractivity contribution is 7.19. The lowest BCUT2D eigenvalue weighted by atomic mass is 9.93. The Hall–Kier alpha value is -5.18. The lowest BCUT2D eigenvalue weighted by Gasteiger charge is -2.26. The van der Waals surface area contributed by atoms with Crippen LogP contribution >= 0.6 is 11.3 Å². The first-order valence-corrected chi connectivity index (χ1v) is 15.1. The molecule has 0 atom stereocenters. The van der Waals surface area contributed by atoms with E-state index >= 15 is 0 Å². The molecule has 1 aromatic heterocycles. The number of benzene rings is 7. The number of hydrogen-bond donors (Lipinski definition) is 0. The Kier molecular flexibility index (Phi) is 6.05. The van der Waals surface area contributed by atoms with Crippen LogP contribution in [-0.4, -0.2) is 0 Å². The zero-order chi connectivity index (χ0) is 27.9. The van der Waals surface area contributed by atoms with Gasteiger partial charge in [0.1, 0.15) is 5.00 Å². The first-order chi connectivity index (χ1) is 20.8. The van der Waals surface area contributed by atoms with Crippen LogP contribution in [0.2, 0.25) is 0 Å². The molecule has 1 heterocycles. The lowest BCUT2D eigenvalue weighted by molar-refractivity contribution is 1.34. The van der Waals surface area contributed by atoms with Gasteiger partial charge >= 0.3 is 0 Å². The van der Waals surface area contributed by atoms with E-state index in [0.717, 1.165) is 5.69 Å². The molecule has 0 aliphatic carbocycles. The molecule has 0 saturated carbocycles. The summed E-state index contributed by atoms with van der Waals surface area (Å²) >= 11 is 1.83. The van der Waals surface area contributed by atoms with Gasteiger partial charge in [0, 0.05) is 16.0 Å². The second kappa shape index (κ2) is 10.3. The van der Waals surface area contributed by atoms with Gasteiger partial charge in [-0.3, -0.25) is 0 Å². The van der Waals surface area contributed by atoms with Crippen molar-refractivity contribution in [1.29, 1.82) is 0 Å². The summed E-state index contributed by atoms with van der Waals surface area (Å²) in [6.07, 6.45) is 0. The molecular weight excluding hydrogens is 527 g/mol. The van der Waals surface area contributed by atoms with Crippen molar-refractivity contribution in [2.75, 3.05) is 4.90 Å². The van der Waals surface area contributed by atoms with E-state index in [4.69, 9.17) is 0 Å². The average Bonchev–Trinajstić information content (AvgIpc) is 3.56. The maximum absolute atomic E-state index is 2.44. The van der Waals surface area contributed by atoms with E-state index in [1.807, 2.05) is 11.3 Å². The molecule has 0 saturated heterocycles. The number of nitrogens with zero attached hydrogens (tertiary/aromatic N) is 1. The molecule has 0 N–H and O–H groups in total. The summed E-state index contributed by atoms with van der Waals surface area (Å²) in [5.41, 5.74) is 6.00. The quantitative estimate of drug-likeness (QED) is 0.192. The normalized spacial score (nSPS) is 11.3. The monoisotopic (exact) mass is 553 g/mol. The molecule has 42 heavy (non-hydrogen) atoms. The molecule has 1 nitrogen and oxygen atoms in total. The van der Waals surface area contributed by atoms with Crippen LogP contribution in [0.5, 0.6) is 0 Å². The van der Waals surface area contributed by atoms with Gasteiger partial charge in [-0.15, -0.1) is 11.3 Å². The summed E-state index contributed by atoms with van der Waals surface area (Å²) in [7, 11) is 0. The van der Waals surface area contributed by atoms with Crippen LogP contribution in [0.15, 0.2) is 164 Å². The lowest BCUT2D eigenvalue weighted by Crippen LogP contribution is -2.09. The Labute approximate surface area is 249 Å². The maximum Gasteiger partial charge on any atom is 0.101 e. The average molecular weight is 554 g/mol. The smallest absolute Gasteiger partial charge is 0.101 e. The third-order valence-corrected chi connectivity index (χ3v) is 9.21. The van der Waals surface area contributed by atoms with E-state index < -0.39 is 0 Å². The Morgan fingerprint density at radius 1 is 0.357 bits per heavy atom. The van der Waals surface area contributed by atoms with Gasteiger partial charge < -0.3 is 4.90 Å². The third-order valence-electron chi connectivity index (χ3n) is 8.09. The Morgan fingerprint density at radius 3 is 1.50 bits per heavy atom. The molecule has 7 aromatic carbocycles. The minimum absolute atomic E-state index is 1.14. The van der Waals surface area contributed by atoms with Gasteiger partial charge in [-0.05, 0) is 74.0 Å². The molecule has 0 unspecified atom stereocenters. The van der Waals surface area contributed by atoms with Crippen molar-refractivity contribution in [3.05, 3.63) is 164 Å². The van der Waals surface area contributed by atoms with Gasteiger partial charge in [-0.25, -0.2) is 0 Å². The summed E-state index contributed by atoms with van der Waals surface area (Å²) in [6.45, 7) is 0. The van der Waals surface area contributed by atoms with E-state index in [9.17, 15) is 0 Å². The van der Waals surface area contributed by atoms with Crippen LogP contribution in [0.25, 0.3) is 53.9 Å². The largest absolute Gasteiger partial charge is 0.301 e. The maximum atomic E-state index is 2.44. The van der Waals surface area contributed by atoms with Crippen molar-refractivity contribution in [3.63, 3.8) is 0 Å². The van der Waals surface area contributed by atoms with Crippen molar-refractivity contribution in [1.82, 2.24) is 0 Å². The summed E-state index contributed by atoms with van der Waals surface area (Å²) < 4.78 is 0. The molecule has 0 fully saturated rings. The highest BCUT2D eigenvalue weighted by Gasteiger charge is 2.20. The van der Waals surface area contributed by atoms with Crippen LogP contribution in [0.1, 0.15) is 0 Å². The minimum atomic E-state index is 1.14. The van der Waals surface area contributed by atoms with Crippen molar-refractivity contribution >= 4 is 60.0 Å².